The lowest BCUT2D eigenvalue weighted by molar-refractivity contribution is -0.117. The molecule has 8 nitrogen and oxygen atoms in total. The molecule has 0 spiro atoms. The molecule has 2 saturated heterocycles. The van der Waals surface area contributed by atoms with Crippen LogP contribution in [-0.2, 0) is 11.3 Å². The van der Waals surface area contributed by atoms with Gasteiger partial charge < -0.3 is 20.4 Å². The summed E-state index contributed by atoms with van der Waals surface area (Å²) in [5.74, 6) is 1.50. The first-order valence-corrected chi connectivity index (χ1v) is 9.67. The number of carbonyl (C=O) groups excluding carboxylic acids is 1. The van der Waals surface area contributed by atoms with Gasteiger partial charge in [-0.2, -0.15) is 0 Å². The van der Waals surface area contributed by atoms with Crippen molar-refractivity contribution in [3.8, 4) is 0 Å². The summed E-state index contributed by atoms with van der Waals surface area (Å²) >= 11 is 0. The first-order chi connectivity index (χ1) is 13.7. The quantitative estimate of drug-likeness (QED) is 0.635. The van der Waals surface area contributed by atoms with Crippen molar-refractivity contribution in [1.82, 2.24) is 14.9 Å². The molecule has 2 N–H and O–H groups in total. The molecule has 2 fully saturated rings. The van der Waals surface area contributed by atoms with Crippen LogP contribution in [-0.4, -0.2) is 59.5 Å². The second-order valence-corrected chi connectivity index (χ2v) is 7.02. The minimum Gasteiger partial charge on any atom is -0.370 e. The normalized spacial score (nSPS) is 18.1. The van der Waals surface area contributed by atoms with Gasteiger partial charge in [0.25, 0.3) is 0 Å². The summed E-state index contributed by atoms with van der Waals surface area (Å²) in [6.45, 7) is 4.50. The molecule has 8 heteroatoms. The highest BCUT2D eigenvalue weighted by molar-refractivity contribution is 5.95. The molecule has 0 bridgehead atoms. The Kier molecular flexibility index (Phi) is 5.36. The van der Waals surface area contributed by atoms with Gasteiger partial charge in [-0.15, -0.1) is 0 Å². The van der Waals surface area contributed by atoms with Crippen LogP contribution in [0.3, 0.4) is 0 Å². The minimum absolute atomic E-state index is 0.195. The summed E-state index contributed by atoms with van der Waals surface area (Å²) in [7, 11) is 0. The van der Waals surface area contributed by atoms with Crippen LogP contribution in [0.2, 0.25) is 0 Å². The number of rotatable bonds is 4. The fourth-order valence-corrected chi connectivity index (χ4v) is 3.61. The number of hydrogen-bond donors (Lipinski definition) is 1. The summed E-state index contributed by atoms with van der Waals surface area (Å²) in [4.78, 5) is 31.2. The zero-order valence-electron chi connectivity index (χ0n) is 15.9. The molecule has 146 valence electrons. The van der Waals surface area contributed by atoms with E-state index < -0.39 is 0 Å². The number of anilines is 2. The Balaban J connectivity index is 1.34. The van der Waals surface area contributed by atoms with E-state index in [4.69, 9.17) is 5.73 Å². The largest absolute Gasteiger partial charge is 0.370 e. The second-order valence-electron chi connectivity index (χ2n) is 7.02. The van der Waals surface area contributed by atoms with Crippen LogP contribution in [0.1, 0.15) is 18.4 Å². The van der Waals surface area contributed by atoms with Crippen LogP contribution in [0.4, 0.5) is 11.6 Å². The molecule has 4 rings (SSSR count). The predicted octanol–water partition coefficient (Wildman–Crippen LogP) is 1.24. The number of aromatic nitrogens is 2. The highest BCUT2D eigenvalue weighted by Crippen LogP contribution is 2.22. The van der Waals surface area contributed by atoms with Crippen LogP contribution in [0.25, 0.3) is 0 Å². The van der Waals surface area contributed by atoms with E-state index in [1.165, 1.54) is 0 Å². The Morgan fingerprint density at radius 1 is 1.07 bits per heavy atom. The summed E-state index contributed by atoms with van der Waals surface area (Å²) in [6, 6.07) is 9.82. The summed E-state index contributed by atoms with van der Waals surface area (Å²) < 4.78 is 0. The molecular weight excluding hydrogens is 354 g/mol. The summed E-state index contributed by atoms with van der Waals surface area (Å²) in [5.41, 5.74) is 8.23. The molecule has 2 aromatic rings. The van der Waals surface area contributed by atoms with E-state index >= 15 is 0 Å². The van der Waals surface area contributed by atoms with Gasteiger partial charge in [-0.25, -0.2) is 15.0 Å². The highest BCUT2D eigenvalue weighted by Gasteiger charge is 2.22. The summed E-state index contributed by atoms with van der Waals surface area (Å²) in [6.07, 6.45) is 5.08. The number of carbonyl (C=O) groups is 1. The van der Waals surface area contributed by atoms with E-state index in [0.717, 1.165) is 56.3 Å². The fraction of sp³-hybridized carbons (Fsp3) is 0.400. The van der Waals surface area contributed by atoms with Crippen molar-refractivity contribution in [3.63, 3.8) is 0 Å². The number of hydrogen-bond acceptors (Lipinski definition) is 5. The average Bonchev–Trinajstić information content (AvgIpc) is 3.19. The van der Waals surface area contributed by atoms with Crippen molar-refractivity contribution >= 4 is 23.5 Å². The zero-order chi connectivity index (χ0) is 19.3. The second kappa shape index (κ2) is 8.24. The lowest BCUT2D eigenvalue weighted by Gasteiger charge is -2.35. The van der Waals surface area contributed by atoms with Crippen LogP contribution in [0, 0.1) is 0 Å². The molecule has 28 heavy (non-hydrogen) atoms. The number of benzene rings is 1. The molecule has 1 aromatic heterocycles. The Labute approximate surface area is 164 Å². The van der Waals surface area contributed by atoms with Crippen molar-refractivity contribution in [3.05, 3.63) is 48.3 Å². The Bertz CT molecular complexity index is 847. The third kappa shape index (κ3) is 4.05. The van der Waals surface area contributed by atoms with Crippen LogP contribution in [0.5, 0.6) is 0 Å². The van der Waals surface area contributed by atoms with Gasteiger partial charge in [0.15, 0.2) is 5.96 Å². The molecule has 1 amide bonds. The molecular formula is C20H25N7O. The molecule has 0 atom stereocenters. The van der Waals surface area contributed by atoms with E-state index in [1.807, 2.05) is 35.2 Å². The van der Waals surface area contributed by atoms with Crippen LogP contribution >= 0.6 is 0 Å². The third-order valence-electron chi connectivity index (χ3n) is 5.16. The topological polar surface area (TPSA) is 91.0 Å². The molecule has 0 aliphatic carbocycles. The number of piperazine rings is 1. The molecule has 2 aliphatic heterocycles. The van der Waals surface area contributed by atoms with Crippen LogP contribution < -0.4 is 15.5 Å². The third-order valence-corrected chi connectivity index (χ3v) is 5.16. The van der Waals surface area contributed by atoms with E-state index in [-0.39, 0.29) is 5.91 Å². The van der Waals surface area contributed by atoms with Gasteiger partial charge in [-0.3, -0.25) is 4.79 Å². The van der Waals surface area contributed by atoms with Gasteiger partial charge in [0.05, 0.1) is 6.54 Å². The maximum absolute atomic E-state index is 11.9. The maximum Gasteiger partial charge on any atom is 0.227 e. The Morgan fingerprint density at radius 2 is 1.86 bits per heavy atom. The van der Waals surface area contributed by atoms with E-state index in [1.54, 1.807) is 12.4 Å². The van der Waals surface area contributed by atoms with E-state index in [9.17, 15) is 4.79 Å². The number of amides is 1. The maximum atomic E-state index is 11.9. The number of nitrogens with two attached hydrogens (primary N) is 1. The molecule has 0 radical (unpaired) electrons. The van der Waals surface area contributed by atoms with Gasteiger partial charge >= 0.3 is 0 Å². The van der Waals surface area contributed by atoms with Crippen molar-refractivity contribution in [1.29, 1.82) is 0 Å². The predicted molar refractivity (Wildman–Crippen MR) is 109 cm³/mol. The number of nitrogens with zero attached hydrogens (tertiary/aromatic N) is 6. The highest BCUT2D eigenvalue weighted by atomic mass is 16.2. The SMILES string of the molecule is NC(=NCc1cccc(N2CCCC2=O)c1)N1CCN(c2ncccn2)CC1. The van der Waals surface area contributed by atoms with Gasteiger partial charge in [-0.1, -0.05) is 12.1 Å². The molecule has 1 aromatic carbocycles. The van der Waals surface area contributed by atoms with E-state index in [2.05, 4.69) is 24.8 Å². The molecule has 3 heterocycles. The molecule has 0 unspecified atom stereocenters. The van der Waals surface area contributed by atoms with Crippen molar-refractivity contribution in [2.45, 2.75) is 19.4 Å². The molecule has 2 aliphatic rings. The minimum atomic E-state index is 0.195. The lowest BCUT2D eigenvalue weighted by Crippen LogP contribution is -2.51. The average molecular weight is 379 g/mol. The van der Waals surface area contributed by atoms with Crippen LogP contribution in [0.15, 0.2) is 47.7 Å². The smallest absolute Gasteiger partial charge is 0.227 e. The standard InChI is InChI=1S/C20H25N7O/c21-19(25-10-12-26(13-11-25)20-22-7-3-8-23-20)24-15-16-4-1-5-17(14-16)27-9-2-6-18(27)28/h1,3-5,7-8,14H,2,6,9-13,15H2,(H2,21,24). The van der Waals surface area contributed by atoms with Gasteiger partial charge in [-0.05, 0) is 30.2 Å². The van der Waals surface area contributed by atoms with E-state index in [0.29, 0.717) is 18.9 Å². The Hall–Kier alpha value is -3.16. The number of aliphatic imine (C=N–C) groups is 1. The van der Waals surface area contributed by atoms with Gasteiger partial charge in [0.1, 0.15) is 0 Å². The zero-order valence-corrected chi connectivity index (χ0v) is 15.9. The Morgan fingerprint density at radius 3 is 2.57 bits per heavy atom. The number of guanidine groups is 1. The first kappa shape index (κ1) is 18.2. The molecule has 0 saturated carbocycles. The first-order valence-electron chi connectivity index (χ1n) is 9.67. The van der Waals surface area contributed by atoms with Gasteiger partial charge in [0, 0.05) is 57.2 Å². The van der Waals surface area contributed by atoms with Crippen molar-refractivity contribution in [2.24, 2.45) is 10.7 Å². The van der Waals surface area contributed by atoms with Crippen molar-refractivity contribution < 1.29 is 4.79 Å². The van der Waals surface area contributed by atoms with Gasteiger partial charge in [0.2, 0.25) is 11.9 Å². The lowest BCUT2D eigenvalue weighted by atomic mass is 10.2. The monoisotopic (exact) mass is 379 g/mol. The van der Waals surface area contributed by atoms with Crippen molar-refractivity contribution in [2.75, 3.05) is 42.5 Å². The fourth-order valence-electron chi connectivity index (χ4n) is 3.61. The summed E-state index contributed by atoms with van der Waals surface area (Å²) in [5, 5.41) is 0.